The Kier molecular flexibility index (Phi) is 8.81. The molecule has 0 aromatic carbocycles. The molecule has 20 heavy (non-hydrogen) atoms. The third-order valence-electron chi connectivity index (χ3n) is 3.53. The van der Waals surface area contributed by atoms with E-state index in [1.165, 1.54) is 0 Å². The lowest BCUT2D eigenvalue weighted by Gasteiger charge is -2.17. The van der Waals surface area contributed by atoms with Crippen molar-refractivity contribution in [1.82, 2.24) is 5.32 Å². The summed E-state index contributed by atoms with van der Waals surface area (Å²) in [5, 5.41) is 2.79. The zero-order valence-corrected chi connectivity index (χ0v) is 13.4. The molecule has 1 rings (SSSR count). The summed E-state index contributed by atoms with van der Waals surface area (Å²) >= 11 is 0. The predicted molar refractivity (Wildman–Crippen MR) is 80.6 cm³/mol. The number of esters is 1. The highest BCUT2D eigenvalue weighted by Gasteiger charge is 2.26. The predicted octanol–water partition coefficient (Wildman–Crippen LogP) is 1.63. The molecule has 1 saturated carbocycles. The summed E-state index contributed by atoms with van der Waals surface area (Å²) in [7, 11) is 0. The van der Waals surface area contributed by atoms with Crippen LogP contribution in [0.15, 0.2) is 0 Å². The summed E-state index contributed by atoms with van der Waals surface area (Å²) in [5.74, 6) is -0.319. The largest absolute Gasteiger partial charge is 0.463 e. The van der Waals surface area contributed by atoms with Crippen molar-refractivity contribution in [3.8, 4) is 0 Å². The van der Waals surface area contributed by atoms with Gasteiger partial charge in [-0.15, -0.1) is 12.4 Å². The summed E-state index contributed by atoms with van der Waals surface area (Å²) in [4.78, 5) is 23.3. The summed E-state index contributed by atoms with van der Waals surface area (Å²) in [5.41, 5.74) is 5.93. The minimum Gasteiger partial charge on any atom is -0.463 e. The van der Waals surface area contributed by atoms with Crippen LogP contribution in [0.5, 0.6) is 0 Å². The van der Waals surface area contributed by atoms with Crippen LogP contribution < -0.4 is 11.1 Å². The molecule has 1 amide bonds. The first-order chi connectivity index (χ1) is 8.90. The number of ether oxygens (including phenoxy) is 1. The van der Waals surface area contributed by atoms with Crippen molar-refractivity contribution < 1.29 is 14.3 Å². The van der Waals surface area contributed by atoms with Gasteiger partial charge in [0.15, 0.2) is 0 Å². The molecule has 1 fully saturated rings. The van der Waals surface area contributed by atoms with Crippen molar-refractivity contribution in [3.05, 3.63) is 0 Å². The van der Waals surface area contributed by atoms with Crippen LogP contribution in [0, 0.1) is 11.8 Å². The number of amides is 1. The normalized spacial score (nSPS) is 23.1. The highest BCUT2D eigenvalue weighted by Crippen LogP contribution is 2.26. The van der Waals surface area contributed by atoms with Gasteiger partial charge in [-0.2, -0.15) is 0 Å². The molecule has 0 radical (unpaired) electrons. The molecule has 0 aromatic rings. The van der Waals surface area contributed by atoms with E-state index in [9.17, 15) is 9.59 Å². The average Bonchev–Trinajstić information content (AvgIpc) is 2.71. The van der Waals surface area contributed by atoms with E-state index in [4.69, 9.17) is 10.5 Å². The molecule has 0 saturated heterocycles. The van der Waals surface area contributed by atoms with Crippen LogP contribution in [-0.4, -0.2) is 30.6 Å². The van der Waals surface area contributed by atoms with Gasteiger partial charge in [-0.1, -0.05) is 13.3 Å². The maximum absolute atomic E-state index is 11.8. The van der Waals surface area contributed by atoms with Crippen LogP contribution in [-0.2, 0) is 14.3 Å². The van der Waals surface area contributed by atoms with Gasteiger partial charge in [0.25, 0.3) is 0 Å². The Hall–Kier alpha value is -0.810. The van der Waals surface area contributed by atoms with E-state index in [1.807, 2.05) is 13.8 Å². The molecule has 6 heteroatoms. The smallest absolute Gasteiger partial charge is 0.310 e. The van der Waals surface area contributed by atoms with Crippen molar-refractivity contribution in [2.75, 3.05) is 6.54 Å². The lowest BCUT2D eigenvalue weighted by Crippen LogP contribution is -2.36. The second kappa shape index (κ2) is 9.19. The summed E-state index contributed by atoms with van der Waals surface area (Å²) < 4.78 is 5.08. The number of carbonyl (C=O) groups is 2. The first-order valence-corrected chi connectivity index (χ1v) is 7.13. The minimum absolute atomic E-state index is 0. The van der Waals surface area contributed by atoms with Gasteiger partial charge in [0.05, 0.1) is 12.0 Å². The molecule has 0 aromatic heterocycles. The fourth-order valence-corrected chi connectivity index (χ4v) is 2.33. The van der Waals surface area contributed by atoms with Crippen LogP contribution in [0.25, 0.3) is 0 Å². The lowest BCUT2D eigenvalue weighted by atomic mass is 10.00. The third-order valence-corrected chi connectivity index (χ3v) is 3.53. The van der Waals surface area contributed by atoms with Gasteiger partial charge in [0.2, 0.25) is 5.91 Å². The first kappa shape index (κ1) is 19.2. The zero-order valence-electron chi connectivity index (χ0n) is 12.6. The van der Waals surface area contributed by atoms with E-state index in [0.717, 1.165) is 19.3 Å². The van der Waals surface area contributed by atoms with E-state index < -0.39 is 0 Å². The summed E-state index contributed by atoms with van der Waals surface area (Å²) in [6.45, 7) is 5.70. The average molecular weight is 307 g/mol. The van der Waals surface area contributed by atoms with Gasteiger partial charge in [-0.3, -0.25) is 9.59 Å². The molecule has 5 nitrogen and oxygen atoms in total. The molecule has 0 aliphatic heterocycles. The van der Waals surface area contributed by atoms with Crippen molar-refractivity contribution in [2.45, 2.75) is 58.6 Å². The number of nitrogens with one attached hydrogen (secondary N) is 1. The molecule has 3 N–H and O–H groups in total. The second-order valence-electron chi connectivity index (χ2n) is 5.75. The number of nitrogens with two attached hydrogens (primary N) is 1. The lowest BCUT2D eigenvalue weighted by molar-refractivity contribution is -0.151. The second-order valence-corrected chi connectivity index (χ2v) is 5.75. The summed E-state index contributed by atoms with van der Waals surface area (Å²) in [6.07, 6.45) is 3.49. The fourth-order valence-electron chi connectivity index (χ4n) is 2.33. The van der Waals surface area contributed by atoms with Crippen molar-refractivity contribution in [3.63, 3.8) is 0 Å². The number of carbonyl (C=O) groups excluding carboxylic acids is 2. The van der Waals surface area contributed by atoms with E-state index in [2.05, 4.69) is 5.32 Å². The molecule has 1 aliphatic carbocycles. The minimum atomic E-state index is -0.316. The van der Waals surface area contributed by atoms with Crippen LogP contribution >= 0.6 is 12.4 Å². The van der Waals surface area contributed by atoms with Gasteiger partial charge in [0, 0.05) is 19.0 Å². The standard InChI is InChI=1S/C14H26N2O3.ClH/c1-9(2)19-14(18)10(3)8-16-13(17)7-11-5-4-6-12(11)15;/h9-12H,4-8,15H2,1-3H3,(H,16,17);1H/t10?,11-,12+;/m0./s1. The Morgan fingerprint density at radius 2 is 1.95 bits per heavy atom. The van der Waals surface area contributed by atoms with Crippen LogP contribution in [0.2, 0.25) is 0 Å². The topological polar surface area (TPSA) is 81.4 Å². The molecule has 118 valence electrons. The Morgan fingerprint density at radius 3 is 2.45 bits per heavy atom. The van der Waals surface area contributed by atoms with Gasteiger partial charge >= 0.3 is 5.97 Å². The number of halogens is 1. The Morgan fingerprint density at radius 1 is 1.30 bits per heavy atom. The molecular weight excluding hydrogens is 280 g/mol. The van der Waals surface area contributed by atoms with E-state index >= 15 is 0 Å². The number of hydrogen-bond donors (Lipinski definition) is 2. The van der Waals surface area contributed by atoms with Gasteiger partial charge in [-0.25, -0.2) is 0 Å². The maximum atomic E-state index is 11.8. The quantitative estimate of drug-likeness (QED) is 0.731. The van der Waals surface area contributed by atoms with Crippen molar-refractivity contribution >= 4 is 24.3 Å². The maximum Gasteiger partial charge on any atom is 0.310 e. The van der Waals surface area contributed by atoms with E-state index in [0.29, 0.717) is 13.0 Å². The molecule has 1 unspecified atom stereocenters. The number of rotatable bonds is 6. The van der Waals surface area contributed by atoms with Crippen molar-refractivity contribution in [2.24, 2.45) is 17.6 Å². The van der Waals surface area contributed by atoms with Gasteiger partial charge in [-0.05, 0) is 32.6 Å². The van der Waals surface area contributed by atoms with Crippen LogP contribution in [0.3, 0.4) is 0 Å². The van der Waals surface area contributed by atoms with Crippen molar-refractivity contribution in [1.29, 1.82) is 0 Å². The number of hydrogen-bond acceptors (Lipinski definition) is 4. The SMILES string of the molecule is CC(C)OC(=O)C(C)CNC(=O)C[C@@H]1CCC[C@H]1N.Cl. The van der Waals surface area contributed by atoms with E-state index in [1.54, 1.807) is 6.92 Å². The highest BCUT2D eigenvalue weighted by molar-refractivity contribution is 5.85. The molecule has 0 bridgehead atoms. The Bertz CT molecular complexity index is 324. The van der Waals surface area contributed by atoms with Gasteiger partial charge < -0.3 is 15.8 Å². The molecule has 0 heterocycles. The monoisotopic (exact) mass is 306 g/mol. The fraction of sp³-hybridized carbons (Fsp3) is 0.857. The molecular formula is C14H27ClN2O3. The van der Waals surface area contributed by atoms with Crippen LogP contribution in [0.1, 0.15) is 46.5 Å². The zero-order chi connectivity index (χ0) is 14.4. The molecule has 1 aliphatic rings. The Balaban J connectivity index is 0.00000361. The Labute approximate surface area is 127 Å². The highest BCUT2D eigenvalue weighted by atomic mass is 35.5. The first-order valence-electron chi connectivity index (χ1n) is 7.13. The third kappa shape index (κ3) is 6.57. The summed E-state index contributed by atoms with van der Waals surface area (Å²) in [6, 6.07) is 0.147. The molecule has 0 spiro atoms. The van der Waals surface area contributed by atoms with Crippen LogP contribution in [0.4, 0.5) is 0 Å². The van der Waals surface area contributed by atoms with Gasteiger partial charge in [0.1, 0.15) is 0 Å². The molecule has 3 atom stereocenters. The van der Waals surface area contributed by atoms with E-state index in [-0.39, 0.29) is 48.3 Å².